The fourth-order valence-corrected chi connectivity index (χ4v) is 4.63. The highest BCUT2D eigenvalue weighted by atomic mass is 35.5. The summed E-state index contributed by atoms with van der Waals surface area (Å²) in [5.41, 5.74) is 0.365. The first-order chi connectivity index (χ1) is 11.3. The first kappa shape index (κ1) is 19.5. The molecule has 1 fully saturated rings. The number of halogens is 2. The summed E-state index contributed by atoms with van der Waals surface area (Å²) in [6.07, 6.45) is 2.32. The van der Waals surface area contributed by atoms with E-state index in [-0.39, 0.29) is 13.1 Å². The van der Waals surface area contributed by atoms with Crippen molar-refractivity contribution in [1.29, 1.82) is 0 Å². The first-order valence-electron chi connectivity index (χ1n) is 7.84. The summed E-state index contributed by atoms with van der Waals surface area (Å²) in [6, 6.07) is 4.71. The molecule has 1 aromatic rings. The lowest BCUT2D eigenvalue weighted by atomic mass is 10.3. The van der Waals surface area contributed by atoms with Gasteiger partial charge in [-0.15, -0.1) is 0 Å². The number of amides is 1. The third kappa shape index (κ3) is 4.83. The molecule has 1 aliphatic heterocycles. The average Bonchev–Trinajstić information content (AvgIpc) is 3.05. The molecule has 1 amide bonds. The molecule has 0 saturated carbocycles. The highest BCUT2D eigenvalue weighted by Crippen LogP contribution is 2.25. The fourth-order valence-electron chi connectivity index (χ4n) is 2.55. The summed E-state index contributed by atoms with van der Waals surface area (Å²) in [5, 5.41) is 3.40. The van der Waals surface area contributed by atoms with Crippen LogP contribution in [0.4, 0.5) is 5.69 Å². The minimum Gasteiger partial charge on any atom is -0.324 e. The van der Waals surface area contributed by atoms with Gasteiger partial charge in [-0.3, -0.25) is 4.79 Å². The topological polar surface area (TPSA) is 69.7 Å². The highest BCUT2D eigenvalue weighted by molar-refractivity contribution is 7.86. The van der Waals surface area contributed by atoms with Crippen molar-refractivity contribution >= 4 is 45.0 Å². The number of rotatable bonds is 7. The van der Waals surface area contributed by atoms with Crippen molar-refractivity contribution in [2.24, 2.45) is 0 Å². The Morgan fingerprint density at radius 1 is 1.29 bits per heavy atom. The molecule has 1 saturated heterocycles. The maximum absolute atomic E-state index is 12.7. The van der Waals surface area contributed by atoms with E-state index in [1.54, 1.807) is 12.1 Å². The molecule has 2 rings (SSSR count). The van der Waals surface area contributed by atoms with Crippen LogP contribution in [-0.4, -0.2) is 49.1 Å². The molecule has 24 heavy (non-hydrogen) atoms. The number of hydrogen-bond acceptors (Lipinski definition) is 3. The van der Waals surface area contributed by atoms with Gasteiger partial charge in [0, 0.05) is 24.7 Å². The van der Waals surface area contributed by atoms with E-state index in [0.717, 1.165) is 12.8 Å². The Hall–Kier alpha value is -0.860. The second kappa shape index (κ2) is 8.49. The van der Waals surface area contributed by atoms with Crippen molar-refractivity contribution in [3.8, 4) is 0 Å². The van der Waals surface area contributed by atoms with E-state index in [4.69, 9.17) is 23.2 Å². The zero-order valence-electron chi connectivity index (χ0n) is 13.5. The lowest BCUT2D eigenvalue weighted by molar-refractivity contribution is -0.116. The molecule has 9 heteroatoms. The van der Waals surface area contributed by atoms with Crippen LogP contribution in [-0.2, 0) is 15.0 Å². The molecule has 1 N–H and O–H groups in total. The van der Waals surface area contributed by atoms with Gasteiger partial charge in [-0.25, -0.2) is 0 Å². The minimum absolute atomic E-state index is 0.254. The Labute approximate surface area is 152 Å². The third-order valence-corrected chi connectivity index (χ3v) is 6.26. The van der Waals surface area contributed by atoms with Gasteiger partial charge in [0.15, 0.2) is 0 Å². The van der Waals surface area contributed by atoms with Gasteiger partial charge in [-0.2, -0.15) is 17.0 Å². The van der Waals surface area contributed by atoms with Crippen LogP contribution in [0.3, 0.4) is 0 Å². The summed E-state index contributed by atoms with van der Waals surface area (Å²) in [4.78, 5) is 12.3. The second-order valence-electron chi connectivity index (χ2n) is 5.62. The van der Waals surface area contributed by atoms with Crippen molar-refractivity contribution in [3.63, 3.8) is 0 Å². The van der Waals surface area contributed by atoms with Crippen molar-refractivity contribution in [3.05, 3.63) is 28.2 Å². The third-order valence-electron chi connectivity index (χ3n) is 3.71. The molecule has 1 aromatic carbocycles. The van der Waals surface area contributed by atoms with Gasteiger partial charge in [0.25, 0.3) is 10.2 Å². The summed E-state index contributed by atoms with van der Waals surface area (Å²) < 4.78 is 28.0. The Morgan fingerprint density at radius 3 is 2.58 bits per heavy atom. The Morgan fingerprint density at radius 2 is 1.96 bits per heavy atom. The van der Waals surface area contributed by atoms with Gasteiger partial charge in [-0.1, -0.05) is 30.1 Å². The molecule has 1 heterocycles. The van der Waals surface area contributed by atoms with Crippen LogP contribution >= 0.6 is 23.2 Å². The summed E-state index contributed by atoms with van der Waals surface area (Å²) >= 11 is 11.9. The molecule has 0 atom stereocenters. The van der Waals surface area contributed by atoms with E-state index in [0.29, 0.717) is 35.2 Å². The van der Waals surface area contributed by atoms with Crippen molar-refractivity contribution < 1.29 is 13.2 Å². The zero-order valence-corrected chi connectivity index (χ0v) is 15.8. The van der Waals surface area contributed by atoms with Crippen LogP contribution in [0.25, 0.3) is 0 Å². The normalized spacial score (nSPS) is 15.8. The maximum Gasteiger partial charge on any atom is 0.282 e. The average molecular weight is 394 g/mol. The summed E-state index contributed by atoms with van der Waals surface area (Å²) in [6.45, 7) is 2.91. The lowest BCUT2D eigenvalue weighted by Crippen LogP contribution is -2.46. The number of carbonyl (C=O) groups excluding carboxylic acids is 1. The van der Waals surface area contributed by atoms with Gasteiger partial charge in [0.1, 0.15) is 0 Å². The van der Waals surface area contributed by atoms with Crippen molar-refractivity contribution in [2.75, 3.05) is 31.5 Å². The quantitative estimate of drug-likeness (QED) is 0.773. The van der Waals surface area contributed by atoms with Crippen LogP contribution in [0, 0.1) is 0 Å². The second-order valence-corrected chi connectivity index (χ2v) is 8.39. The molecular formula is C15H21Cl2N3O3S. The van der Waals surface area contributed by atoms with Crippen LogP contribution < -0.4 is 5.32 Å². The molecule has 6 nitrogen and oxygen atoms in total. The van der Waals surface area contributed by atoms with E-state index < -0.39 is 16.1 Å². The van der Waals surface area contributed by atoms with Gasteiger partial charge in [0.2, 0.25) is 5.91 Å². The number of nitrogens with one attached hydrogen (secondary N) is 1. The largest absolute Gasteiger partial charge is 0.324 e. The molecule has 0 unspecified atom stereocenters. The Bertz CT molecular complexity index is 691. The first-order valence-corrected chi connectivity index (χ1v) is 10.00. The monoisotopic (exact) mass is 393 g/mol. The number of hydrogen-bond donors (Lipinski definition) is 1. The van der Waals surface area contributed by atoms with E-state index in [2.05, 4.69) is 5.32 Å². The van der Waals surface area contributed by atoms with E-state index in [1.165, 1.54) is 14.7 Å². The van der Waals surface area contributed by atoms with Crippen LogP contribution in [0.2, 0.25) is 10.0 Å². The maximum atomic E-state index is 12.7. The van der Waals surface area contributed by atoms with Gasteiger partial charge in [0.05, 0.1) is 17.3 Å². The molecule has 0 aromatic heterocycles. The van der Waals surface area contributed by atoms with Gasteiger partial charge < -0.3 is 5.32 Å². The molecule has 0 spiro atoms. The van der Waals surface area contributed by atoms with Crippen LogP contribution in [0.15, 0.2) is 18.2 Å². The minimum atomic E-state index is -3.62. The molecule has 1 aliphatic rings. The molecule has 0 aliphatic carbocycles. The van der Waals surface area contributed by atoms with Crippen molar-refractivity contribution in [1.82, 2.24) is 8.61 Å². The van der Waals surface area contributed by atoms with Crippen LogP contribution in [0.5, 0.6) is 0 Å². The van der Waals surface area contributed by atoms with Crippen LogP contribution in [0.1, 0.15) is 26.2 Å². The molecular weight excluding hydrogens is 373 g/mol. The van der Waals surface area contributed by atoms with E-state index in [9.17, 15) is 13.2 Å². The number of carbonyl (C=O) groups is 1. The fraction of sp³-hybridized carbons (Fsp3) is 0.533. The number of anilines is 1. The molecule has 134 valence electrons. The van der Waals surface area contributed by atoms with Crippen molar-refractivity contribution in [2.45, 2.75) is 26.2 Å². The smallest absolute Gasteiger partial charge is 0.282 e. The molecule has 0 bridgehead atoms. The highest BCUT2D eigenvalue weighted by Gasteiger charge is 2.32. The van der Waals surface area contributed by atoms with E-state index in [1.807, 2.05) is 6.92 Å². The lowest BCUT2D eigenvalue weighted by Gasteiger charge is -2.26. The van der Waals surface area contributed by atoms with Gasteiger partial charge >= 0.3 is 0 Å². The van der Waals surface area contributed by atoms with E-state index >= 15 is 0 Å². The summed E-state index contributed by atoms with van der Waals surface area (Å²) in [5.74, 6) is -0.449. The van der Waals surface area contributed by atoms with Gasteiger partial charge in [-0.05, 0) is 37.5 Å². The Balaban J connectivity index is 2.09. The number of benzene rings is 1. The zero-order chi connectivity index (χ0) is 17.7. The predicted molar refractivity (Wildman–Crippen MR) is 96.7 cm³/mol. The Kier molecular flexibility index (Phi) is 6.88. The predicted octanol–water partition coefficient (Wildman–Crippen LogP) is 2.98. The SMILES string of the molecule is CCCN(CC(=O)Nc1cc(Cl)ccc1Cl)S(=O)(=O)N1CCCC1. The molecule has 0 radical (unpaired) electrons. The summed E-state index contributed by atoms with van der Waals surface area (Å²) in [7, 11) is -3.62. The number of nitrogens with zero attached hydrogens (tertiary/aromatic N) is 2. The standard InChI is InChI=1S/C15H21Cl2N3O3S/c1-2-7-20(24(22,23)19-8-3-4-9-19)11-15(21)18-14-10-12(16)5-6-13(14)17/h5-6,10H,2-4,7-9,11H2,1H3,(H,18,21).